The van der Waals surface area contributed by atoms with Gasteiger partial charge in [0.05, 0.1) is 24.7 Å². The molecule has 0 saturated heterocycles. The molecule has 164 valence electrons. The highest BCUT2D eigenvalue weighted by atomic mass is 35.5. The van der Waals surface area contributed by atoms with E-state index in [-0.39, 0.29) is 18.9 Å². The predicted molar refractivity (Wildman–Crippen MR) is 119 cm³/mol. The van der Waals surface area contributed by atoms with Crippen LogP contribution in [0.25, 0.3) is 10.9 Å². The third-order valence-corrected chi connectivity index (χ3v) is 5.46. The molecule has 0 spiro atoms. The Kier molecular flexibility index (Phi) is 6.01. The van der Waals surface area contributed by atoms with Crippen LogP contribution < -0.4 is 4.74 Å². The van der Waals surface area contributed by atoms with Gasteiger partial charge in [0.2, 0.25) is 0 Å². The topological polar surface area (TPSA) is 83.6 Å². The summed E-state index contributed by atoms with van der Waals surface area (Å²) in [6.45, 7) is 3.59. The number of carbonyl (C=O) groups excluding carboxylic acids is 2. The highest BCUT2D eigenvalue weighted by Crippen LogP contribution is 2.31. The Bertz CT molecular complexity index is 1300. The fourth-order valence-corrected chi connectivity index (χ4v) is 3.75. The van der Waals surface area contributed by atoms with E-state index in [1.165, 1.54) is 0 Å². The van der Waals surface area contributed by atoms with Gasteiger partial charge in [-0.1, -0.05) is 16.8 Å². The van der Waals surface area contributed by atoms with Crippen molar-refractivity contribution in [1.29, 1.82) is 0 Å². The molecule has 32 heavy (non-hydrogen) atoms. The second-order valence-electron chi connectivity index (χ2n) is 7.37. The number of benzene rings is 2. The molecule has 0 amide bonds. The number of ether oxygens (including phenoxy) is 2. The van der Waals surface area contributed by atoms with E-state index < -0.39 is 5.97 Å². The summed E-state index contributed by atoms with van der Waals surface area (Å²) in [5.74, 6) is 0.434. The molecule has 4 rings (SSSR count). The van der Waals surface area contributed by atoms with Crippen molar-refractivity contribution in [3.63, 3.8) is 0 Å². The fourth-order valence-electron chi connectivity index (χ4n) is 3.63. The number of rotatable bonds is 6. The first kappa shape index (κ1) is 21.6. The summed E-state index contributed by atoms with van der Waals surface area (Å²) in [6.07, 6.45) is -0.0104. The zero-order chi connectivity index (χ0) is 22.8. The molecule has 4 aromatic rings. The van der Waals surface area contributed by atoms with Crippen LogP contribution in [0.2, 0.25) is 5.02 Å². The largest absolute Gasteiger partial charge is 0.497 e. The first-order valence-corrected chi connectivity index (χ1v) is 10.3. The SMILES string of the molecule is COc1ccc2c(c1)c(CC(=O)OCc1cc(C)no1)c(C)n2C(=O)c1ccc(Cl)cc1. The molecule has 8 heteroatoms. The standard InChI is InChI=1S/C24H21ClN2O5/c1-14-10-19(32-26-14)13-31-23(28)12-20-15(2)27(22-9-8-18(30-3)11-21(20)22)24(29)16-4-6-17(25)7-5-16/h4-11H,12-13H2,1-3H3. The van der Waals surface area contributed by atoms with Gasteiger partial charge in [-0.25, -0.2) is 0 Å². The van der Waals surface area contributed by atoms with Crippen LogP contribution in [-0.4, -0.2) is 28.7 Å². The van der Waals surface area contributed by atoms with Crippen molar-refractivity contribution in [3.05, 3.63) is 81.8 Å². The molecule has 0 aliphatic rings. The van der Waals surface area contributed by atoms with Crippen LogP contribution in [0, 0.1) is 13.8 Å². The number of fused-ring (bicyclic) bond motifs is 1. The normalized spacial score (nSPS) is 11.0. The number of hydrogen-bond donors (Lipinski definition) is 0. The third-order valence-electron chi connectivity index (χ3n) is 5.21. The number of esters is 1. The van der Waals surface area contributed by atoms with Gasteiger partial charge in [-0.05, 0) is 61.9 Å². The smallest absolute Gasteiger partial charge is 0.310 e. The van der Waals surface area contributed by atoms with E-state index in [0.29, 0.717) is 44.6 Å². The molecular formula is C24H21ClN2O5. The number of halogens is 1. The summed E-state index contributed by atoms with van der Waals surface area (Å²) >= 11 is 5.96. The van der Waals surface area contributed by atoms with Crippen molar-refractivity contribution < 1.29 is 23.6 Å². The lowest BCUT2D eigenvalue weighted by molar-refractivity contribution is -0.144. The van der Waals surface area contributed by atoms with Gasteiger partial charge < -0.3 is 14.0 Å². The molecule has 0 N–H and O–H groups in total. The van der Waals surface area contributed by atoms with E-state index in [1.807, 2.05) is 13.0 Å². The third kappa shape index (κ3) is 4.24. The van der Waals surface area contributed by atoms with Crippen molar-refractivity contribution in [2.45, 2.75) is 26.9 Å². The van der Waals surface area contributed by atoms with Gasteiger partial charge in [0.15, 0.2) is 12.4 Å². The van der Waals surface area contributed by atoms with E-state index >= 15 is 0 Å². The van der Waals surface area contributed by atoms with Crippen LogP contribution in [0.5, 0.6) is 5.75 Å². The molecule has 2 heterocycles. The second kappa shape index (κ2) is 8.88. The van der Waals surface area contributed by atoms with Gasteiger partial charge in [-0.3, -0.25) is 14.2 Å². The Morgan fingerprint density at radius 2 is 1.84 bits per heavy atom. The molecule has 0 radical (unpaired) electrons. The Hall–Kier alpha value is -3.58. The highest BCUT2D eigenvalue weighted by molar-refractivity contribution is 6.30. The van der Waals surface area contributed by atoms with Gasteiger partial charge in [0.25, 0.3) is 5.91 Å². The maximum atomic E-state index is 13.3. The summed E-state index contributed by atoms with van der Waals surface area (Å²) in [7, 11) is 1.57. The van der Waals surface area contributed by atoms with Crippen LogP contribution in [-0.2, 0) is 22.6 Å². The molecule has 7 nitrogen and oxygen atoms in total. The minimum absolute atomic E-state index is 0.00954. The Morgan fingerprint density at radius 3 is 2.50 bits per heavy atom. The second-order valence-corrected chi connectivity index (χ2v) is 7.80. The Morgan fingerprint density at radius 1 is 1.09 bits per heavy atom. The van der Waals surface area contributed by atoms with Crippen LogP contribution >= 0.6 is 11.6 Å². The number of hydrogen-bond acceptors (Lipinski definition) is 6. The van der Waals surface area contributed by atoms with E-state index in [2.05, 4.69) is 5.16 Å². The maximum Gasteiger partial charge on any atom is 0.310 e. The quantitative estimate of drug-likeness (QED) is 0.387. The summed E-state index contributed by atoms with van der Waals surface area (Å²) < 4.78 is 17.4. The van der Waals surface area contributed by atoms with Gasteiger partial charge in [-0.15, -0.1) is 0 Å². The molecule has 0 aliphatic carbocycles. The Balaban J connectivity index is 1.69. The number of methoxy groups -OCH3 is 1. The highest BCUT2D eigenvalue weighted by Gasteiger charge is 2.22. The lowest BCUT2D eigenvalue weighted by atomic mass is 10.1. The first-order chi connectivity index (χ1) is 15.4. The lowest BCUT2D eigenvalue weighted by Crippen LogP contribution is -2.14. The minimum atomic E-state index is -0.442. The minimum Gasteiger partial charge on any atom is -0.497 e. The lowest BCUT2D eigenvalue weighted by Gasteiger charge is -2.08. The summed E-state index contributed by atoms with van der Waals surface area (Å²) in [5.41, 5.74) is 3.22. The van der Waals surface area contributed by atoms with Gasteiger partial charge in [0.1, 0.15) is 5.75 Å². The Labute approximate surface area is 189 Å². The maximum absolute atomic E-state index is 13.3. The van der Waals surface area contributed by atoms with Crippen LogP contribution in [0.1, 0.15) is 33.1 Å². The molecule has 2 aromatic carbocycles. The van der Waals surface area contributed by atoms with Crippen molar-refractivity contribution in [1.82, 2.24) is 9.72 Å². The molecule has 0 aliphatic heterocycles. The molecule has 2 aromatic heterocycles. The van der Waals surface area contributed by atoms with Crippen LogP contribution in [0.4, 0.5) is 0 Å². The van der Waals surface area contributed by atoms with E-state index in [1.54, 1.807) is 61.1 Å². The number of aryl methyl sites for hydroxylation is 1. The van der Waals surface area contributed by atoms with Crippen molar-refractivity contribution >= 4 is 34.4 Å². The van der Waals surface area contributed by atoms with E-state index in [4.69, 9.17) is 25.6 Å². The fraction of sp³-hybridized carbons (Fsp3) is 0.208. The van der Waals surface area contributed by atoms with Crippen molar-refractivity contribution in [2.75, 3.05) is 7.11 Å². The average Bonchev–Trinajstić information content (AvgIpc) is 3.32. The van der Waals surface area contributed by atoms with E-state index in [0.717, 1.165) is 5.39 Å². The number of aromatic nitrogens is 2. The van der Waals surface area contributed by atoms with Gasteiger partial charge in [0, 0.05) is 27.7 Å². The van der Waals surface area contributed by atoms with Crippen molar-refractivity contribution in [2.24, 2.45) is 0 Å². The average molecular weight is 453 g/mol. The molecule has 0 unspecified atom stereocenters. The number of carbonyl (C=O) groups is 2. The van der Waals surface area contributed by atoms with Gasteiger partial charge in [-0.2, -0.15) is 0 Å². The van der Waals surface area contributed by atoms with Gasteiger partial charge >= 0.3 is 5.97 Å². The molecule has 0 fully saturated rings. The zero-order valence-corrected chi connectivity index (χ0v) is 18.6. The zero-order valence-electron chi connectivity index (χ0n) is 17.8. The predicted octanol–water partition coefficient (Wildman–Crippen LogP) is 4.88. The molecule has 0 atom stereocenters. The number of nitrogens with zero attached hydrogens (tertiary/aromatic N) is 2. The van der Waals surface area contributed by atoms with E-state index in [9.17, 15) is 9.59 Å². The first-order valence-electron chi connectivity index (χ1n) is 9.93. The van der Waals surface area contributed by atoms with Crippen LogP contribution in [0.15, 0.2) is 53.1 Å². The van der Waals surface area contributed by atoms with Crippen molar-refractivity contribution in [3.8, 4) is 5.75 Å². The van der Waals surface area contributed by atoms with Crippen LogP contribution in [0.3, 0.4) is 0 Å². The molecule has 0 saturated carbocycles. The summed E-state index contributed by atoms with van der Waals surface area (Å²) in [4.78, 5) is 25.9. The summed E-state index contributed by atoms with van der Waals surface area (Å²) in [6, 6.07) is 13.8. The molecule has 0 bridgehead atoms. The molecular weight excluding hydrogens is 432 g/mol. The summed E-state index contributed by atoms with van der Waals surface area (Å²) in [5, 5.41) is 5.07. The monoisotopic (exact) mass is 452 g/mol.